The maximum atomic E-state index is 14.2. The largest absolute Gasteiger partial charge is 0.424 e. The zero-order valence-corrected chi connectivity index (χ0v) is 16.8. The highest BCUT2D eigenvalue weighted by Crippen LogP contribution is 2.23. The summed E-state index contributed by atoms with van der Waals surface area (Å²) in [7, 11) is 0. The fraction of sp³-hybridized carbons (Fsp3) is 0.273. The van der Waals surface area contributed by atoms with Gasteiger partial charge in [0.2, 0.25) is 0 Å². The molecule has 9 heteroatoms. The molecule has 3 aromatic rings. The van der Waals surface area contributed by atoms with Crippen molar-refractivity contribution in [3.63, 3.8) is 0 Å². The van der Waals surface area contributed by atoms with Gasteiger partial charge in [0.15, 0.2) is 0 Å². The van der Waals surface area contributed by atoms with E-state index in [1.807, 2.05) is 24.3 Å². The van der Waals surface area contributed by atoms with E-state index in [1.54, 1.807) is 24.5 Å². The lowest BCUT2D eigenvalue weighted by Gasteiger charge is -2.29. The summed E-state index contributed by atoms with van der Waals surface area (Å²) in [5.41, 5.74) is 7.98. The second-order valence-electron chi connectivity index (χ2n) is 7.30. The van der Waals surface area contributed by atoms with Crippen LogP contribution in [0.15, 0.2) is 55.0 Å². The van der Waals surface area contributed by atoms with E-state index in [0.717, 1.165) is 11.3 Å². The number of hydrogen-bond acceptors (Lipinski definition) is 7. The number of primary amides is 1. The maximum absolute atomic E-state index is 14.2. The number of carbonyl (C=O) groups excluding carboxylic acids is 1. The van der Waals surface area contributed by atoms with Crippen molar-refractivity contribution in [2.75, 3.05) is 18.4 Å². The zero-order valence-electron chi connectivity index (χ0n) is 16.8. The Balaban J connectivity index is 1.48. The molecular formula is C22H23FN6O2. The standard InChI is InChI=1S/C22H23FN6O2/c23-18-13-25-9-6-19(18)29-20-11-15(28-12-17(20)21(24)30)10-14-2-4-16(5-3-14)31-22-26-7-1-8-27-22/h1-5,7-8,11-12,18-19,25H,6,9-10,13H2,(H2,24,30)(H,28,29)/t18-,19+/m0/s1. The van der Waals surface area contributed by atoms with E-state index in [4.69, 9.17) is 10.5 Å². The van der Waals surface area contributed by atoms with Gasteiger partial charge in [-0.3, -0.25) is 9.78 Å². The molecule has 2 aromatic heterocycles. The summed E-state index contributed by atoms with van der Waals surface area (Å²) in [6.07, 6.45) is 4.76. The maximum Gasteiger partial charge on any atom is 0.321 e. The summed E-state index contributed by atoms with van der Waals surface area (Å²) in [6.45, 7) is 0.994. The van der Waals surface area contributed by atoms with Gasteiger partial charge in [-0.1, -0.05) is 12.1 Å². The third-order valence-electron chi connectivity index (χ3n) is 5.03. The van der Waals surface area contributed by atoms with Crippen LogP contribution < -0.4 is 21.1 Å². The van der Waals surface area contributed by atoms with Crippen LogP contribution in [-0.2, 0) is 6.42 Å². The Labute approximate surface area is 179 Å². The molecular weight excluding hydrogens is 399 g/mol. The molecule has 8 nitrogen and oxygen atoms in total. The molecule has 0 unspecified atom stereocenters. The average Bonchev–Trinajstić information content (AvgIpc) is 2.77. The van der Waals surface area contributed by atoms with Gasteiger partial charge in [0.25, 0.3) is 5.91 Å². The SMILES string of the molecule is NC(=O)c1cnc(Cc2ccc(Oc3ncccn3)cc2)cc1N[C@@H]1CCNC[C@@H]1F. The molecule has 4 rings (SSSR count). The second-order valence-corrected chi connectivity index (χ2v) is 7.30. The smallest absolute Gasteiger partial charge is 0.321 e. The van der Waals surface area contributed by atoms with Crippen molar-refractivity contribution in [1.82, 2.24) is 20.3 Å². The number of pyridine rings is 1. The predicted octanol–water partition coefficient (Wildman–Crippen LogP) is 2.47. The highest BCUT2D eigenvalue weighted by atomic mass is 19.1. The molecule has 1 aliphatic rings. The first-order chi connectivity index (χ1) is 15.1. The Hall–Kier alpha value is -3.59. The van der Waals surface area contributed by atoms with Crippen molar-refractivity contribution < 1.29 is 13.9 Å². The van der Waals surface area contributed by atoms with Gasteiger partial charge < -0.3 is 21.1 Å². The Bertz CT molecular complexity index is 1030. The van der Waals surface area contributed by atoms with Crippen LogP contribution in [0.1, 0.15) is 28.0 Å². The number of nitrogens with one attached hydrogen (secondary N) is 2. The molecule has 1 aliphatic heterocycles. The van der Waals surface area contributed by atoms with Crippen LogP contribution in [0.25, 0.3) is 0 Å². The van der Waals surface area contributed by atoms with Gasteiger partial charge in [-0.25, -0.2) is 14.4 Å². The first-order valence-electron chi connectivity index (χ1n) is 10.0. The predicted molar refractivity (Wildman–Crippen MR) is 114 cm³/mol. The summed E-state index contributed by atoms with van der Waals surface area (Å²) in [5, 5.41) is 6.17. The fourth-order valence-corrected chi connectivity index (χ4v) is 3.42. The lowest BCUT2D eigenvalue weighted by atomic mass is 10.0. The lowest BCUT2D eigenvalue weighted by molar-refractivity contribution is 0.100. The normalized spacial score (nSPS) is 18.4. The van der Waals surface area contributed by atoms with Crippen molar-refractivity contribution in [3.05, 3.63) is 71.8 Å². The number of ether oxygens (including phenoxy) is 1. The molecule has 0 bridgehead atoms. The van der Waals surface area contributed by atoms with Gasteiger partial charge in [0.1, 0.15) is 11.9 Å². The van der Waals surface area contributed by atoms with E-state index in [0.29, 0.717) is 30.8 Å². The molecule has 160 valence electrons. The first kappa shape index (κ1) is 20.7. The van der Waals surface area contributed by atoms with Crippen molar-refractivity contribution >= 4 is 11.6 Å². The second kappa shape index (κ2) is 9.48. The van der Waals surface area contributed by atoms with Crippen LogP contribution in [0.3, 0.4) is 0 Å². The van der Waals surface area contributed by atoms with Crippen LogP contribution in [0.4, 0.5) is 10.1 Å². The number of piperidine rings is 1. The summed E-state index contributed by atoms with van der Waals surface area (Å²) >= 11 is 0. The minimum absolute atomic E-state index is 0.251. The third-order valence-corrected chi connectivity index (χ3v) is 5.03. The quantitative estimate of drug-likeness (QED) is 0.536. The van der Waals surface area contributed by atoms with Crippen molar-refractivity contribution in [2.45, 2.75) is 25.1 Å². The third kappa shape index (κ3) is 5.32. The zero-order chi connectivity index (χ0) is 21.6. The van der Waals surface area contributed by atoms with Crippen LogP contribution in [0.2, 0.25) is 0 Å². The van der Waals surface area contributed by atoms with E-state index in [2.05, 4.69) is 25.6 Å². The number of amides is 1. The highest BCUT2D eigenvalue weighted by Gasteiger charge is 2.25. The first-order valence-corrected chi connectivity index (χ1v) is 10.0. The minimum Gasteiger partial charge on any atom is -0.424 e. The molecule has 2 atom stereocenters. The van der Waals surface area contributed by atoms with E-state index in [9.17, 15) is 9.18 Å². The number of benzene rings is 1. The topological polar surface area (TPSA) is 115 Å². The van der Waals surface area contributed by atoms with Crippen LogP contribution in [0, 0.1) is 0 Å². The Morgan fingerprint density at radius 3 is 2.71 bits per heavy atom. The highest BCUT2D eigenvalue weighted by molar-refractivity contribution is 5.98. The number of alkyl halides is 1. The number of anilines is 1. The van der Waals surface area contributed by atoms with Crippen molar-refractivity contribution in [1.29, 1.82) is 0 Å². The van der Waals surface area contributed by atoms with E-state index < -0.39 is 12.1 Å². The van der Waals surface area contributed by atoms with Gasteiger partial charge in [-0.05, 0) is 42.8 Å². The number of hydrogen-bond donors (Lipinski definition) is 3. The number of nitrogens with two attached hydrogens (primary N) is 1. The minimum atomic E-state index is -1.05. The van der Waals surface area contributed by atoms with Crippen LogP contribution in [-0.4, -0.2) is 46.2 Å². The number of carbonyl (C=O) groups is 1. The lowest BCUT2D eigenvalue weighted by Crippen LogP contribution is -2.45. The molecule has 1 aromatic carbocycles. The van der Waals surface area contributed by atoms with Crippen molar-refractivity contribution in [3.8, 4) is 11.8 Å². The summed E-state index contributed by atoms with van der Waals surface area (Å²) in [6, 6.07) is 10.9. The van der Waals surface area contributed by atoms with Crippen LogP contribution in [0.5, 0.6) is 11.8 Å². The molecule has 1 saturated heterocycles. The number of nitrogens with zero attached hydrogens (tertiary/aromatic N) is 3. The van der Waals surface area contributed by atoms with Gasteiger partial charge >= 0.3 is 6.01 Å². The van der Waals surface area contributed by atoms with Gasteiger partial charge in [0, 0.05) is 37.3 Å². The Morgan fingerprint density at radius 2 is 2.00 bits per heavy atom. The van der Waals surface area contributed by atoms with Gasteiger partial charge in [-0.15, -0.1) is 0 Å². The molecule has 0 radical (unpaired) electrons. The molecule has 0 aliphatic carbocycles. The van der Waals surface area contributed by atoms with Gasteiger partial charge in [0.05, 0.1) is 17.3 Å². The molecule has 1 amide bonds. The number of aromatic nitrogens is 3. The summed E-state index contributed by atoms with van der Waals surface area (Å²) in [4.78, 5) is 24.2. The molecule has 0 spiro atoms. The molecule has 1 fully saturated rings. The van der Waals surface area contributed by atoms with Gasteiger partial charge in [-0.2, -0.15) is 0 Å². The molecule has 4 N–H and O–H groups in total. The molecule has 3 heterocycles. The Morgan fingerprint density at radius 1 is 1.23 bits per heavy atom. The average molecular weight is 422 g/mol. The Kier molecular flexibility index (Phi) is 6.32. The van der Waals surface area contributed by atoms with Crippen molar-refractivity contribution in [2.24, 2.45) is 5.73 Å². The molecule has 0 saturated carbocycles. The number of rotatable bonds is 7. The summed E-state index contributed by atoms with van der Waals surface area (Å²) in [5.74, 6) is 0.0183. The summed E-state index contributed by atoms with van der Waals surface area (Å²) < 4.78 is 19.8. The number of halogens is 1. The van der Waals surface area contributed by atoms with E-state index >= 15 is 0 Å². The monoisotopic (exact) mass is 422 g/mol. The molecule has 31 heavy (non-hydrogen) atoms. The fourth-order valence-electron chi connectivity index (χ4n) is 3.42. The van der Waals surface area contributed by atoms with E-state index in [-0.39, 0.29) is 24.2 Å². The van der Waals surface area contributed by atoms with E-state index in [1.165, 1.54) is 6.20 Å². The van der Waals surface area contributed by atoms with Crippen LogP contribution >= 0.6 is 0 Å².